The second-order valence-corrected chi connectivity index (χ2v) is 11.6. The van der Waals surface area contributed by atoms with Gasteiger partial charge >= 0.3 is 5.97 Å². The molecule has 1 amide bonds. The Morgan fingerprint density at radius 2 is 1.59 bits per heavy atom. The molecular weight excluding hydrogens is 428 g/mol. The summed E-state index contributed by atoms with van der Waals surface area (Å²) in [6.07, 6.45) is 3.52. The Hall–Kier alpha value is -2.26. The zero-order valence-corrected chi connectivity index (χ0v) is 19.9. The quantitative estimate of drug-likeness (QED) is 0.651. The Bertz CT molecular complexity index is 969. The Labute approximate surface area is 194 Å². The lowest BCUT2D eigenvalue weighted by Gasteiger charge is -2.63. The lowest BCUT2D eigenvalue weighted by Crippen LogP contribution is -2.75. The zero-order chi connectivity index (χ0) is 23.5. The molecule has 2 bridgehead atoms. The highest BCUT2D eigenvalue weighted by atomic mass is 35.5. The summed E-state index contributed by atoms with van der Waals surface area (Å²) in [6, 6.07) is 7.03. The van der Waals surface area contributed by atoms with Gasteiger partial charge in [0.15, 0.2) is 0 Å². The number of aliphatic carboxylic acids is 1. The summed E-state index contributed by atoms with van der Waals surface area (Å²) in [7, 11) is 0. The number of rotatable bonds is 5. The van der Waals surface area contributed by atoms with Crippen molar-refractivity contribution < 1.29 is 19.4 Å². The maximum absolute atomic E-state index is 13.5. The molecule has 0 aliphatic heterocycles. The van der Waals surface area contributed by atoms with Gasteiger partial charge in [0.25, 0.3) is 0 Å². The first kappa shape index (κ1) is 22.9. The zero-order valence-electron chi connectivity index (χ0n) is 19.1. The standard InChI is InChI=1S/C25H31ClN2O4/c1-22(2)18(23(3,4)19(22)32-16-6-5-15(14-27)17(26)13-16)28-20(29)24-7-10-25(11-8-24,12-9-24)21(30)31/h5-6,13,18-19H,7-12H2,1-4H3,(H,28,29)(H,30,31). The number of hydrogen-bond donors (Lipinski definition) is 2. The number of carboxylic acids is 1. The van der Waals surface area contributed by atoms with Crippen molar-refractivity contribution in [2.45, 2.75) is 78.4 Å². The number of nitrogens with zero attached hydrogens (tertiary/aromatic N) is 1. The molecule has 0 atom stereocenters. The molecule has 6 nitrogen and oxygen atoms in total. The second-order valence-electron chi connectivity index (χ2n) is 11.2. The number of ether oxygens (including phenoxy) is 1. The molecular formula is C25H31ClN2O4. The van der Waals surface area contributed by atoms with Gasteiger partial charge in [-0.3, -0.25) is 9.59 Å². The van der Waals surface area contributed by atoms with E-state index >= 15 is 0 Å². The van der Waals surface area contributed by atoms with Gasteiger partial charge in [-0.25, -0.2) is 0 Å². The number of fused-ring (bicyclic) bond motifs is 3. The molecule has 0 unspecified atom stereocenters. The van der Waals surface area contributed by atoms with Crippen molar-refractivity contribution in [3.8, 4) is 11.8 Å². The third-order valence-electron chi connectivity index (χ3n) is 8.61. The van der Waals surface area contributed by atoms with Gasteiger partial charge in [-0.05, 0) is 50.7 Å². The molecule has 0 heterocycles. The molecule has 0 saturated heterocycles. The van der Waals surface area contributed by atoms with Gasteiger partial charge in [-0.15, -0.1) is 0 Å². The molecule has 0 spiro atoms. The normalized spacial score (nSPS) is 34.1. The topological polar surface area (TPSA) is 99.4 Å². The van der Waals surface area contributed by atoms with Crippen LogP contribution in [0.5, 0.6) is 5.75 Å². The van der Waals surface area contributed by atoms with E-state index < -0.39 is 16.8 Å². The van der Waals surface area contributed by atoms with E-state index in [-0.39, 0.29) is 28.9 Å². The molecule has 7 heteroatoms. The minimum Gasteiger partial charge on any atom is -0.489 e. The smallest absolute Gasteiger partial charge is 0.309 e. The molecule has 1 aromatic rings. The van der Waals surface area contributed by atoms with Crippen molar-refractivity contribution in [3.05, 3.63) is 28.8 Å². The van der Waals surface area contributed by atoms with Crippen molar-refractivity contribution in [2.75, 3.05) is 0 Å². The number of carboxylic acid groups (broad SMARTS) is 1. The fourth-order valence-corrected chi connectivity index (χ4v) is 6.94. The summed E-state index contributed by atoms with van der Waals surface area (Å²) >= 11 is 6.17. The molecule has 4 fully saturated rings. The van der Waals surface area contributed by atoms with Crippen molar-refractivity contribution in [3.63, 3.8) is 0 Å². The van der Waals surface area contributed by atoms with E-state index in [1.54, 1.807) is 18.2 Å². The summed E-state index contributed by atoms with van der Waals surface area (Å²) in [4.78, 5) is 25.2. The van der Waals surface area contributed by atoms with Crippen LogP contribution in [-0.4, -0.2) is 29.1 Å². The number of benzene rings is 1. The summed E-state index contributed by atoms with van der Waals surface area (Å²) < 4.78 is 6.31. The van der Waals surface area contributed by atoms with Gasteiger partial charge < -0.3 is 15.2 Å². The summed E-state index contributed by atoms with van der Waals surface area (Å²) in [5.74, 6) is -0.0503. The predicted octanol–water partition coefficient (Wildman–Crippen LogP) is 4.94. The average Bonchev–Trinajstić information content (AvgIpc) is 2.76. The molecule has 4 aliphatic rings. The van der Waals surface area contributed by atoms with Crippen LogP contribution in [0.2, 0.25) is 5.02 Å². The number of nitriles is 1. The van der Waals surface area contributed by atoms with E-state index in [2.05, 4.69) is 33.0 Å². The largest absolute Gasteiger partial charge is 0.489 e. The van der Waals surface area contributed by atoms with E-state index in [0.717, 1.165) is 0 Å². The molecule has 4 aliphatic carbocycles. The number of carbonyl (C=O) groups is 2. The van der Waals surface area contributed by atoms with Crippen LogP contribution in [0.25, 0.3) is 0 Å². The summed E-state index contributed by atoms with van der Waals surface area (Å²) in [6.45, 7) is 8.36. The number of carbonyl (C=O) groups excluding carboxylic acids is 1. The third kappa shape index (κ3) is 3.28. The second kappa shape index (κ2) is 7.38. The molecule has 4 saturated carbocycles. The molecule has 0 aromatic heterocycles. The van der Waals surface area contributed by atoms with Crippen LogP contribution in [0.15, 0.2) is 18.2 Å². The van der Waals surface area contributed by atoms with Crippen LogP contribution in [-0.2, 0) is 9.59 Å². The number of halogens is 1. The Balaban J connectivity index is 1.46. The number of nitrogens with one attached hydrogen (secondary N) is 1. The Kier molecular flexibility index (Phi) is 5.29. The first-order valence-corrected chi connectivity index (χ1v) is 11.7. The fraction of sp³-hybridized carbons (Fsp3) is 0.640. The molecule has 2 N–H and O–H groups in total. The van der Waals surface area contributed by atoms with Crippen molar-refractivity contribution in [1.29, 1.82) is 5.26 Å². The summed E-state index contributed by atoms with van der Waals surface area (Å²) in [5, 5.41) is 22.4. The van der Waals surface area contributed by atoms with Gasteiger partial charge in [-0.2, -0.15) is 5.26 Å². The minimum absolute atomic E-state index is 0.0576. The van der Waals surface area contributed by atoms with Gasteiger partial charge in [0.2, 0.25) is 5.91 Å². The van der Waals surface area contributed by atoms with Gasteiger partial charge in [0, 0.05) is 28.4 Å². The van der Waals surface area contributed by atoms with Crippen LogP contribution >= 0.6 is 11.6 Å². The van der Waals surface area contributed by atoms with Gasteiger partial charge in [0.05, 0.1) is 16.0 Å². The van der Waals surface area contributed by atoms with E-state index in [1.165, 1.54) is 0 Å². The minimum atomic E-state index is -0.713. The van der Waals surface area contributed by atoms with Gasteiger partial charge in [0.1, 0.15) is 17.9 Å². The Morgan fingerprint density at radius 1 is 1.06 bits per heavy atom. The maximum atomic E-state index is 13.5. The Morgan fingerprint density at radius 3 is 2.06 bits per heavy atom. The summed E-state index contributed by atoms with van der Waals surface area (Å²) in [5.41, 5.74) is -1.30. The molecule has 172 valence electrons. The maximum Gasteiger partial charge on any atom is 0.309 e. The molecule has 1 aromatic carbocycles. The predicted molar refractivity (Wildman–Crippen MR) is 120 cm³/mol. The number of amides is 1. The molecule has 32 heavy (non-hydrogen) atoms. The lowest BCUT2D eigenvalue weighted by molar-refractivity contribution is -0.182. The van der Waals surface area contributed by atoms with Crippen LogP contribution in [0, 0.1) is 33.0 Å². The highest BCUT2D eigenvalue weighted by Gasteiger charge is 2.65. The van der Waals surface area contributed by atoms with E-state index in [9.17, 15) is 14.7 Å². The average molecular weight is 459 g/mol. The van der Waals surface area contributed by atoms with Crippen LogP contribution in [0.1, 0.15) is 71.8 Å². The van der Waals surface area contributed by atoms with E-state index in [1.807, 2.05) is 6.07 Å². The van der Waals surface area contributed by atoms with Crippen LogP contribution in [0.4, 0.5) is 0 Å². The van der Waals surface area contributed by atoms with Crippen molar-refractivity contribution >= 4 is 23.5 Å². The first-order valence-electron chi connectivity index (χ1n) is 11.3. The number of hydrogen-bond acceptors (Lipinski definition) is 4. The van der Waals surface area contributed by atoms with E-state index in [4.69, 9.17) is 21.6 Å². The molecule has 0 radical (unpaired) electrons. The molecule has 5 rings (SSSR count). The first-order chi connectivity index (χ1) is 14.9. The van der Waals surface area contributed by atoms with Gasteiger partial charge in [-0.1, -0.05) is 39.3 Å². The van der Waals surface area contributed by atoms with Crippen molar-refractivity contribution in [2.24, 2.45) is 21.7 Å². The highest BCUT2D eigenvalue weighted by Crippen LogP contribution is 2.59. The fourth-order valence-electron chi connectivity index (χ4n) is 6.73. The van der Waals surface area contributed by atoms with Crippen LogP contribution < -0.4 is 10.1 Å². The third-order valence-corrected chi connectivity index (χ3v) is 8.92. The monoisotopic (exact) mass is 458 g/mol. The van der Waals surface area contributed by atoms with Crippen LogP contribution in [0.3, 0.4) is 0 Å². The lowest BCUT2D eigenvalue weighted by atomic mass is 9.48. The highest BCUT2D eigenvalue weighted by molar-refractivity contribution is 6.31. The van der Waals surface area contributed by atoms with Crippen molar-refractivity contribution in [1.82, 2.24) is 5.32 Å². The SMILES string of the molecule is CC1(C)C(NC(=O)C23CCC(C(=O)O)(CC2)CC3)C(C)(C)C1Oc1ccc(C#N)c(Cl)c1. The van der Waals surface area contributed by atoms with E-state index in [0.29, 0.717) is 54.9 Å².